The third-order valence-corrected chi connectivity index (χ3v) is 5.72. The van der Waals surface area contributed by atoms with Crippen LogP contribution in [-0.4, -0.2) is 35.5 Å². The molecule has 0 aromatic carbocycles. The molecule has 2 rings (SSSR count). The van der Waals surface area contributed by atoms with Gasteiger partial charge >= 0.3 is 0 Å². The van der Waals surface area contributed by atoms with Crippen molar-refractivity contribution in [3.63, 3.8) is 0 Å². The molecule has 6 nitrogen and oxygen atoms in total. The van der Waals surface area contributed by atoms with Crippen molar-refractivity contribution in [3.05, 3.63) is 0 Å². The van der Waals surface area contributed by atoms with Crippen molar-refractivity contribution in [1.82, 2.24) is 4.90 Å². The average Bonchev–Trinajstić information content (AvgIpc) is 2.70. The number of carbonyl (C=O) groups is 3. The van der Waals surface area contributed by atoms with Gasteiger partial charge in [0.1, 0.15) is 18.5 Å². The molecule has 2 fully saturated rings. The van der Waals surface area contributed by atoms with Crippen LogP contribution < -0.4 is 0 Å². The summed E-state index contributed by atoms with van der Waals surface area (Å²) < 4.78 is 0. The zero-order valence-corrected chi connectivity index (χ0v) is 12.4. The molecule has 0 spiro atoms. The molecule has 2 atom stereocenters. The molecule has 0 heterocycles. The maximum Gasteiger partial charge on any atom is 0.239 e. The molecule has 21 heavy (non-hydrogen) atoms. The Labute approximate surface area is 123 Å². The van der Waals surface area contributed by atoms with Gasteiger partial charge in [0.25, 0.3) is 0 Å². The third kappa shape index (κ3) is 1.48. The Hall–Kier alpha value is -2.21. The van der Waals surface area contributed by atoms with E-state index in [4.69, 9.17) is 10.5 Å². The van der Waals surface area contributed by atoms with Crippen LogP contribution in [0.5, 0.6) is 0 Å². The maximum atomic E-state index is 12.9. The van der Waals surface area contributed by atoms with Crippen LogP contribution in [0.3, 0.4) is 0 Å². The molecule has 0 aromatic rings. The van der Waals surface area contributed by atoms with Crippen molar-refractivity contribution in [1.29, 1.82) is 10.5 Å². The van der Waals surface area contributed by atoms with Crippen LogP contribution in [0, 0.1) is 38.9 Å². The van der Waals surface area contributed by atoms with Crippen molar-refractivity contribution >= 4 is 17.5 Å². The van der Waals surface area contributed by atoms with Crippen molar-refractivity contribution in [2.45, 2.75) is 33.6 Å². The fourth-order valence-corrected chi connectivity index (χ4v) is 3.88. The summed E-state index contributed by atoms with van der Waals surface area (Å²) in [5, 5.41) is 17.6. The minimum Gasteiger partial charge on any atom is -0.315 e. The first-order valence-corrected chi connectivity index (χ1v) is 6.83. The Morgan fingerprint density at radius 3 is 2.00 bits per heavy atom. The number of nitrogens with zero attached hydrogens (tertiary/aromatic N) is 3. The van der Waals surface area contributed by atoms with Crippen LogP contribution in [0.15, 0.2) is 0 Å². The van der Waals surface area contributed by atoms with Crippen LogP contribution in [0.2, 0.25) is 0 Å². The van der Waals surface area contributed by atoms with Gasteiger partial charge in [-0.15, -0.1) is 0 Å². The number of amides is 1. The van der Waals surface area contributed by atoms with Gasteiger partial charge in [-0.3, -0.25) is 14.4 Å². The van der Waals surface area contributed by atoms with Crippen molar-refractivity contribution < 1.29 is 14.4 Å². The van der Waals surface area contributed by atoms with Gasteiger partial charge in [-0.05, 0) is 18.3 Å². The van der Waals surface area contributed by atoms with E-state index in [1.807, 2.05) is 12.1 Å². The lowest BCUT2D eigenvalue weighted by Gasteiger charge is -2.39. The Morgan fingerprint density at radius 2 is 1.62 bits per heavy atom. The first-order chi connectivity index (χ1) is 9.70. The standard InChI is InChI=1S/C15H17N3O3/c1-13(2)14(3)4-5-15(13,11(20)10(14)19)12(21)18(8-6-16)9-7-17/h4-5,8-9H2,1-3H3/t14-,15-/m1/s1. The molecule has 0 aromatic heterocycles. The molecule has 110 valence electrons. The lowest BCUT2D eigenvalue weighted by molar-refractivity contribution is -0.154. The van der Waals surface area contributed by atoms with Gasteiger partial charge in [-0.1, -0.05) is 20.8 Å². The normalized spacial score (nSPS) is 32.6. The molecular formula is C15H17N3O3. The third-order valence-electron chi connectivity index (χ3n) is 5.72. The van der Waals surface area contributed by atoms with E-state index in [1.54, 1.807) is 20.8 Å². The number of carbonyl (C=O) groups excluding carboxylic acids is 3. The number of hydrogen-bond donors (Lipinski definition) is 0. The highest BCUT2D eigenvalue weighted by Crippen LogP contribution is 2.69. The van der Waals surface area contributed by atoms with E-state index < -0.39 is 33.7 Å². The van der Waals surface area contributed by atoms with Gasteiger partial charge in [0, 0.05) is 5.41 Å². The zero-order valence-electron chi connectivity index (χ0n) is 12.4. The fraction of sp³-hybridized carbons (Fsp3) is 0.667. The summed E-state index contributed by atoms with van der Waals surface area (Å²) in [4.78, 5) is 38.7. The van der Waals surface area contributed by atoms with E-state index in [1.165, 1.54) is 0 Å². The van der Waals surface area contributed by atoms with Crippen molar-refractivity contribution in [2.24, 2.45) is 16.2 Å². The topological polar surface area (TPSA) is 102 Å². The molecular weight excluding hydrogens is 270 g/mol. The van der Waals surface area contributed by atoms with Gasteiger partial charge in [0.15, 0.2) is 0 Å². The molecule has 0 N–H and O–H groups in total. The molecule has 2 aliphatic carbocycles. The molecule has 0 saturated heterocycles. The Morgan fingerprint density at radius 1 is 1.10 bits per heavy atom. The van der Waals surface area contributed by atoms with E-state index in [0.717, 1.165) is 4.90 Å². The van der Waals surface area contributed by atoms with Gasteiger partial charge in [0.05, 0.1) is 12.1 Å². The molecule has 2 saturated carbocycles. The molecule has 0 unspecified atom stereocenters. The summed E-state index contributed by atoms with van der Waals surface area (Å²) in [6.07, 6.45) is 0.774. The highest BCUT2D eigenvalue weighted by Gasteiger charge is 2.78. The smallest absolute Gasteiger partial charge is 0.239 e. The van der Waals surface area contributed by atoms with Gasteiger partial charge in [0.2, 0.25) is 17.5 Å². The second kappa shape index (κ2) is 4.39. The molecule has 2 bridgehead atoms. The van der Waals surface area contributed by atoms with E-state index in [-0.39, 0.29) is 13.1 Å². The first kappa shape index (κ1) is 15.2. The lowest BCUT2D eigenvalue weighted by Crippen LogP contribution is -2.52. The Kier molecular flexibility index (Phi) is 3.18. The molecule has 1 amide bonds. The van der Waals surface area contributed by atoms with Gasteiger partial charge in [-0.2, -0.15) is 10.5 Å². The van der Waals surface area contributed by atoms with Crippen LogP contribution in [0.25, 0.3) is 0 Å². The maximum absolute atomic E-state index is 12.9. The first-order valence-electron chi connectivity index (χ1n) is 6.83. The quantitative estimate of drug-likeness (QED) is 0.434. The van der Waals surface area contributed by atoms with Crippen molar-refractivity contribution in [3.8, 4) is 12.1 Å². The molecule has 0 aliphatic heterocycles. The highest BCUT2D eigenvalue weighted by atomic mass is 16.2. The average molecular weight is 287 g/mol. The van der Waals surface area contributed by atoms with E-state index in [2.05, 4.69) is 0 Å². The summed E-state index contributed by atoms with van der Waals surface area (Å²) in [6, 6.07) is 3.67. The SMILES string of the molecule is CC1(C)[C@]2(C(=O)N(CC#N)CC#N)CC[C@]1(C)C(=O)C2=O. The Bertz CT molecular complexity index is 609. The molecule has 6 heteroatoms. The zero-order chi connectivity index (χ0) is 16.1. The second-order valence-corrected chi connectivity index (χ2v) is 6.50. The van der Waals surface area contributed by atoms with Crippen LogP contribution in [0.4, 0.5) is 0 Å². The predicted octanol–water partition coefficient (Wildman–Crippen LogP) is 0.827. The van der Waals surface area contributed by atoms with Crippen LogP contribution >= 0.6 is 0 Å². The number of hydrogen-bond acceptors (Lipinski definition) is 5. The number of nitriles is 2. The fourth-order valence-electron chi connectivity index (χ4n) is 3.88. The van der Waals surface area contributed by atoms with Gasteiger partial charge in [-0.25, -0.2) is 0 Å². The molecule has 0 radical (unpaired) electrons. The van der Waals surface area contributed by atoms with E-state index >= 15 is 0 Å². The van der Waals surface area contributed by atoms with Crippen LogP contribution in [-0.2, 0) is 14.4 Å². The summed E-state index contributed by atoms with van der Waals surface area (Å²) >= 11 is 0. The number of Topliss-reactive ketones (excluding diaryl/α,β-unsaturated/α-hetero) is 2. The largest absolute Gasteiger partial charge is 0.315 e. The monoisotopic (exact) mass is 287 g/mol. The van der Waals surface area contributed by atoms with Gasteiger partial charge < -0.3 is 4.90 Å². The summed E-state index contributed by atoms with van der Waals surface area (Å²) in [7, 11) is 0. The minimum atomic E-state index is -1.42. The molecule has 2 aliphatic rings. The second-order valence-electron chi connectivity index (χ2n) is 6.50. The number of fused-ring (bicyclic) bond motifs is 2. The van der Waals surface area contributed by atoms with E-state index in [0.29, 0.717) is 12.8 Å². The highest BCUT2D eigenvalue weighted by molar-refractivity contribution is 6.48. The summed E-state index contributed by atoms with van der Waals surface area (Å²) in [5.41, 5.74) is -3.08. The predicted molar refractivity (Wildman–Crippen MR) is 71.4 cm³/mol. The number of rotatable bonds is 3. The summed E-state index contributed by atoms with van der Waals surface area (Å²) in [5.74, 6) is -1.72. The Balaban J connectivity index is 2.54. The van der Waals surface area contributed by atoms with Crippen molar-refractivity contribution in [2.75, 3.05) is 13.1 Å². The number of ketones is 2. The van der Waals surface area contributed by atoms with Crippen LogP contribution in [0.1, 0.15) is 33.6 Å². The summed E-state index contributed by atoms with van der Waals surface area (Å²) in [6.45, 7) is 4.73. The minimum absolute atomic E-state index is 0.261. The van der Waals surface area contributed by atoms with E-state index in [9.17, 15) is 14.4 Å². The lowest BCUT2D eigenvalue weighted by atomic mass is 9.64.